The first kappa shape index (κ1) is 19.6. The number of rotatable bonds is 3. The number of ether oxygens (including phenoxy) is 1. The molecule has 1 aromatic carbocycles. The van der Waals surface area contributed by atoms with Gasteiger partial charge in [-0.25, -0.2) is 4.79 Å². The molecule has 2 atom stereocenters. The fraction of sp³-hybridized carbons (Fsp3) is 0.458. The molecule has 2 saturated heterocycles. The van der Waals surface area contributed by atoms with Crippen molar-refractivity contribution in [3.05, 3.63) is 54.2 Å². The van der Waals surface area contributed by atoms with E-state index < -0.39 is 5.60 Å². The molecule has 5 nitrogen and oxygen atoms in total. The van der Waals surface area contributed by atoms with Crippen LogP contribution >= 0.6 is 0 Å². The van der Waals surface area contributed by atoms with Crippen LogP contribution < -0.4 is 0 Å². The van der Waals surface area contributed by atoms with Gasteiger partial charge in [0, 0.05) is 35.3 Å². The summed E-state index contributed by atoms with van der Waals surface area (Å²) in [5, 5.41) is 0. The number of Topliss-reactive ketones (excluding diaryl/α,β-unsaturated/α-hetero) is 1. The van der Waals surface area contributed by atoms with Gasteiger partial charge in [0.2, 0.25) is 0 Å². The highest BCUT2D eigenvalue weighted by Gasteiger charge is 2.46. The van der Waals surface area contributed by atoms with Crippen LogP contribution in [-0.4, -0.2) is 39.4 Å². The van der Waals surface area contributed by atoms with Crippen LogP contribution in [0.1, 0.15) is 56.8 Å². The molecule has 29 heavy (non-hydrogen) atoms. The van der Waals surface area contributed by atoms with E-state index in [0.717, 1.165) is 42.5 Å². The van der Waals surface area contributed by atoms with Crippen molar-refractivity contribution >= 4 is 11.9 Å². The lowest BCUT2D eigenvalue weighted by Crippen LogP contribution is -2.49. The minimum absolute atomic E-state index is 0.0353. The molecule has 0 saturated carbocycles. The Morgan fingerprint density at radius 3 is 2.21 bits per heavy atom. The molecule has 0 spiro atoms. The summed E-state index contributed by atoms with van der Waals surface area (Å²) < 4.78 is 5.59. The zero-order valence-electron chi connectivity index (χ0n) is 17.3. The number of amides is 1. The Morgan fingerprint density at radius 1 is 1.00 bits per heavy atom. The lowest BCUT2D eigenvalue weighted by atomic mass is 9.84. The number of carbonyl (C=O) groups is 2. The number of benzene rings is 1. The molecule has 2 aliphatic heterocycles. The minimum atomic E-state index is -0.501. The Labute approximate surface area is 172 Å². The maximum atomic E-state index is 13.1. The number of nitrogens with zero attached hydrogens (tertiary/aromatic N) is 2. The van der Waals surface area contributed by atoms with Crippen molar-refractivity contribution in [3.63, 3.8) is 0 Å². The molecule has 4 rings (SSSR count). The number of hydrogen-bond donors (Lipinski definition) is 0. The van der Waals surface area contributed by atoms with E-state index in [-0.39, 0.29) is 29.9 Å². The Bertz CT molecular complexity index is 873. The van der Waals surface area contributed by atoms with Crippen LogP contribution in [0.3, 0.4) is 0 Å². The summed E-state index contributed by atoms with van der Waals surface area (Å²) in [4.78, 5) is 32.0. The number of fused-ring (bicyclic) bond motifs is 2. The number of ketones is 1. The third-order valence-electron chi connectivity index (χ3n) is 5.84. The number of aromatic nitrogens is 1. The summed E-state index contributed by atoms with van der Waals surface area (Å²) in [5.74, 6) is 0.144. The van der Waals surface area contributed by atoms with Crippen LogP contribution in [0.4, 0.5) is 4.79 Å². The molecular formula is C24H28N2O3. The molecular weight excluding hydrogens is 364 g/mol. The first-order valence-corrected chi connectivity index (χ1v) is 10.4. The van der Waals surface area contributed by atoms with Crippen molar-refractivity contribution in [2.24, 2.45) is 5.92 Å². The summed E-state index contributed by atoms with van der Waals surface area (Å²) in [6.07, 6.45) is 4.87. The summed E-state index contributed by atoms with van der Waals surface area (Å²) in [6.45, 7) is 5.66. The van der Waals surface area contributed by atoms with Crippen LogP contribution in [0.2, 0.25) is 0 Å². The van der Waals surface area contributed by atoms with Gasteiger partial charge < -0.3 is 9.64 Å². The summed E-state index contributed by atoms with van der Waals surface area (Å²) >= 11 is 0. The molecule has 2 aromatic rings. The van der Waals surface area contributed by atoms with Crippen molar-refractivity contribution < 1.29 is 14.3 Å². The Kier molecular flexibility index (Phi) is 5.15. The van der Waals surface area contributed by atoms with E-state index in [1.54, 1.807) is 6.20 Å². The summed E-state index contributed by atoms with van der Waals surface area (Å²) in [5.41, 5.74) is 2.13. The van der Waals surface area contributed by atoms with Gasteiger partial charge in [0.1, 0.15) is 5.60 Å². The van der Waals surface area contributed by atoms with Crippen LogP contribution in [0.25, 0.3) is 11.3 Å². The Morgan fingerprint density at radius 2 is 1.66 bits per heavy atom. The third kappa shape index (κ3) is 4.19. The largest absolute Gasteiger partial charge is 0.444 e. The molecule has 5 heteroatoms. The van der Waals surface area contributed by atoms with Gasteiger partial charge in [0.05, 0.1) is 5.69 Å². The van der Waals surface area contributed by atoms with Gasteiger partial charge in [-0.1, -0.05) is 30.3 Å². The Hall–Kier alpha value is -2.69. The van der Waals surface area contributed by atoms with Crippen LogP contribution in [-0.2, 0) is 4.74 Å². The lowest BCUT2D eigenvalue weighted by molar-refractivity contribution is 0.00254. The fourth-order valence-electron chi connectivity index (χ4n) is 4.58. The topological polar surface area (TPSA) is 59.5 Å². The predicted octanol–water partition coefficient (Wildman–Crippen LogP) is 5.11. The van der Waals surface area contributed by atoms with Gasteiger partial charge >= 0.3 is 6.09 Å². The van der Waals surface area contributed by atoms with Gasteiger partial charge in [-0.15, -0.1) is 0 Å². The van der Waals surface area contributed by atoms with Crippen molar-refractivity contribution in [3.8, 4) is 11.3 Å². The zero-order valence-corrected chi connectivity index (χ0v) is 17.3. The summed E-state index contributed by atoms with van der Waals surface area (Å²) in [7, 11) is 0. The molecule has 1 amide bonds. The number of pyridine rings is 1. The monoisotopic (exact) mass is 392 g/mol. The van der Waals surface area contributed by atoms with E-state index in [9.17, 15) is 9.59 Å². The molecule has 2 unspecified atom stereocenters. The van der Waals surface area contributed by atoms with Crippen LogP contribution in [0, 0.1) is 5.92 Å². The van der Waals surface area contributed by atoms with Gasteiger partial charge in [0.25, 0.3) is 0 Å². The molecule has 3 heterocycles. The van der Waals surface area contributed by atoms with E-state index in [1.165, 1.54) is 0 Å². The summed E-state index contributed by atoms with van der Waals surface area (Å²) in [6, 6.07) is 13.7. The number of hydrogen-bond acceptors (Lipinski definition) is 4. The van der Waals surface area contributed by atoms with E-state index in [1.807, 2.05) is 68.1 Å². The molecule has 2 aliphatic rings. The van der Waals surface area contributed by atoms with Crippen molar-refractivity contribution in [2.45, 2.75) is 64.1 Å². The number of piperidine rings is 1. The second-order valence-corrected chi connectivity index (χ2v) is 9.10. The average molecular weight is 392 g/mol. The lowest BCUT2D eigenvalue weighted by Gasteiger charge is -2.39. The van der Waals surface area contributed by atoms with Crippen LogP contribution in [0.5, 0.6) is 0 Å². The van der Waals surface area contributed by atoms with Gasteiger partial charge in [-0.2, -0.15) is 0 Å². The van der Waals surface area contributed by atoms with E-state index in [4.69, 9.17) is 4.74 Å². The normalized spacial score (nSPS) is 23.7. The highest BCUT2D eigenvalue weighted by atomic mass is 16.6. The van der Waals surface area contributed by atoms with Gasteiger partial charge in [0.15, 0.2) is 5.78 Å². The Balaban J connectivity index is 1.44. The SMILES string of the molecule is CC(C)(C)OC(=O)N1C2CCC1CC(C(=O)c1ccc(-c3ccccn3)cc1)C2. The molecule has 0 aliphatic carbocycles. The molecule has 2 fully saturated rings. The molecule has 2 bridgehead atoms. The zero-order chi connectivity index (χ0) is 20.6. The molecule has 0 radical (unpaired) electrons. The van der Waals surface area contributed by atoms with E-state index >= 15 is 0 Å². The van der Waals surface area contributed by atoms with Gasteiger partial charge in [-0.05, 0) is 58.6 Å². The standard InChI is InChI=1S/C24H28N2O3/c1-24(2,3)29-23(28)26-19-11-12-20(26)15-18(14-19)22(27)17-9-7-16(8-10-17)21-6-4-5-13-25-21/h4-10,13,18-20H,11-12,14-15H2,1-3H3. The van der Waals surface area contributed by atoms with Crippen molar-refractivity contribution in [1.29, 1.82) is 0 Å². The highest BCUT2D eigenvalue weighted by molar-refractivity contribution is 5.98. The smallest absolute Gasteiger partial charge is 0.410 e. The van der Waals surface area contributed by atoms with E-state index in [0.29, 0.717) is 0 Å². The average Bonchev–Trinajstić information content (AvgIpc) is 2.97. The predicted molar refractivity (Wildman–Crippen MR) is 112 cm³/mol. The highest BCUT2D eigenvalue weighted by Crippen LogP contribution is 2.40. The second kappa shape index (κ2) is 7.62. The molecule has 152 valence electrons. The van der Waals surface area contributed by atoms with Crippen LogP contribution in [0.15, 0.2) is 48.7 Å². The maximum Gasteiger partial charge on any atom is 0.410 e. The van der Waals surface area contributed by atoms with Crippen molar-refractivity contribution in [2.75, 3.05) is 0 Å². The quantitative estimate of drug-likeness (QED) is 0.681. The fourth-order valence-corrected chi connectivity index (χ4v) is 4.58. The first-order valence-electron chi connectivity index (χ1n) is 10.4. The first-order chi connectivity index (χ1) is 13.8. The number of carbonyl (C=O) groups excluding carboxylic acids is 2. The maximum absolute atomic E-state index is 13.1. The third-order valence-corrected chi connectivity index (χ3v) is 5.84. The second-order valence-electron chi connectivity index (χ2n) is 9.10. The molecule has 0 N–H and O–H groups in total. The van der Waals surface area contributed by atoms with E-state index in [2.05, 4.69) is 4.98 Å². The van der Waals surface area contributed by atoms with Crippen molar-refractivity contribution in [1.82, 2.24) is 9.88 Å². The minimum Gasteiger partial charge on any atom is -0.444 e. The van der Waals surface area contributed by atoms with Gasteiger partial charge in [-0.3, -0.25) is 9.78 Å². The molecule has 1 aromatic heterocycles.